The van der Waals surface area contributed by atoms with E-state index in [0.717, 1.165) is 50.3 Å². The van der Waals surface area contributed by atoms with Crippen LogP contribution in [0.4, 0.5) is 13.2 Å². The molecule has 0 saturated carbocycles. The molecule has 0 aliphatic carbocycles. The van der Waals surface area contributed by atoms with E-state index in [2.05, 4.69) is 20.7 Å². The summed E-state index contributed by atoms with van der Waals surface area (Å²) in [4.78, 5) is 5.31. The van der Waals surface area contributed by atoms with Crippen molar-refractivity contribution in [3.63, 3.8) is 0 Å². The van der Waals surface area contributed by atoms with Crippen molar-refractivity contribution in [1.29, 1.82) is 0 Å². The molecule has 0 spiro atoms. The van der Waals surface area contributed by atoms with Crippen LogP contribution in [-0.4, -0.2) is 39.1 Å². The van der Waals surface area contributed by atoms with Gasteiger partial charge in [-0.2, -0.15) is 13.2 Å². The highest BCUT2D eigenvalue weighted by molar-refractivity contribution is 5.98. The third kappa shape index (κ3) is 7.01. The predicted molar refractivity (Wildman–Crippen MR) is 121 cm³/mol. The molecule has 3 aromatic rings. The third-order valence-electron chi connectivity index (χ3n) is 5.73. The summed E-state index contributed by atoms with van der Waals surface area (Å²) >= 11 is 0. The number of aromatic nitrogens is 4. The summed E-state index contributed by atoms with van der Waals surface area (Å²) in [7, 11) is 0. The van der Waals surface area contributed by atoms with E-state index in [0.29, 0.717) is 28.8 Å². The van der Waals surface area contributed by atoms with Crippen molar-refractivity contribution in [1.82, 2.24) is 20.2 Å². The number of oxime groups is 1. The van der Waals surface area contributed by atoms with Crippen molar-refractivity contribution in [3.05, 3.63) is 71.0 Å². The second-order valence-electron chi connectivity index (χ2n) is 8.29. The van der Waals surface area contributed by atoms with Crippen LogP contribution in [0.25, 0.3) is 0 Å². The molecule has 1 aliphatic heterocycles. The van der Waals surface area contributed by atoms with Crippen LogP contribution in [-0.2, 0) is 35.5 Å². The molecule has 0 bridgehead atoms. The molecule has 0 radical (unpaired) electrons. The molecule has 1 fully saturated rings. The lowest BCUT2D eigenvalue weighted by atomic mass is 10.0. The molecule has 186 valence electrons. The summed E-state index contributed by atoms with van der Waals surface area (Å²) in [5, 5.41) is 16.0. The van der Waals surface area contributed by atoms with E-state index < -0.39 is 11.7 Å². The van der Waals surface area contributed by atoms with Crippen LogP contribution in [0.5, 0.6) is 5.75 Å². The van der Waals surface area contributed by atoms with Crippen molar-refractivity contribution in [2.24, 2.45) is 11.1 Å². The Morgan fingerprint density at radius 1 is 1.06 bits per heavy atom. The summed E-state index contributed by atoms with van der Waals surface area (Å²) in [5.41, 5.74) is 1.36. The predicted octanol–water partition coefficient (Wildman–Crippen LogP) is 4.64. The molecule has 8 nitrogen and oxygen atoms in total. The van der Waals surface area contributed by atoms with Crippen molar-refractivity contribution in [2.75, 3.05) is 13.2 Å². The Labute approximate surface area is 200 Å². The third-order valence-corrected chi connectivity index (χ3v) is 5.73. The summed E-state index contributed by atoms with van der Waals surface area (Å²) in [6.07, 6.45) is -2.36. The van der Waals surface area contributed by atoms with Gasteiger partial charge in [-0.15, -0.1) is 5.10 Å². The first kappa shape index (κ1) is 24.6. The second-order valence-corrected chi connectivity index (χ2v) is 8.29. The number of hydrogen-bond acceptors (Lipinski definition) is 7. The van der Waals surface area contributed by atoms with Gasteiger partial charge in [0, 0.05) is 19.8 Å². The Bertz CT molecular complexity index is 1110. The molecule has 1 aliphatic rings. The fraction of sp³-hybridized carbons (Fsp3) is 0.417. The molecule has 2 heterocycles. The Kier molecular flexibility index (Phi) is 7.96. The highest BCUT2D eigenvalue weighted by Gasteiger charge is 2.29. The maximum Gasteiger partial charge on any atom is 0.416 e. The van der Waals surface area contributed by atoms with E-state index in [-0.39, 0.29) is 13.2 Å². The molecular formula is C24H26F3N5O3. The summed E-state index contributed by atoms with van der Waals surface area (Å²) in [6, 6.07) is 12.1. The van der Waals surface area contributed by atoms with Gasteiger partial charge in [-0.05, 0) is 83.6 Å². The maximum atomic E-state index is 12.6. The normalized spacial score (nSPS) is 15.3. The zero-order valence-corrected chi connectivity index (χ0v) is 19.2. The molecule has 2 aromatic carbocycles. The number of ether oxygens (including phenoxy) is 2. The Hall–Kier alpha value is -3.47. The van der Waals surface area contributed by atoms with E-state index in [9.17, 15) is 13.2 Å². The van der Waals surface area contributed by atoms with Crippen molar-refractivity contribution < 1.29 is 27.5 Å². The zero-order valence-electron chi connectivity index (χ0n) is 19.2. The quantitative estimate of drug-likeness (QED) is 0.322. The minimum absolute atomic E-state index is 0.0687. The van der Waals surface area contributed by atoms with Crippen LogP contribution in [0, 0.1) is 5.92 Å². The Morgan fingerprint density at radius 3 is 2.46 bits per heavy atom. The Balaban J connectivity index is 1.26. The van der Waals surface area contributed by atoms with Gasteiger partial charge < -0.3 is 14.3 Å². The lowest BCUT2D eigenvalue weighted by Gasteiger charge is -2.21. The van der Waals surface area contributed by atoms with Crippen molar-refractivity contribution in [3.8, 4) is 5.75 Å². The molecule has 0 N–H and O–H groups in total. The maximum absolute atomic E-state index is 12.6. The average Bonchev–Trinajstić information content (AvgIpc) is 3.30. The minimum atomic E-state index is -4.36. The van der Waals surface area contributed by atoms with Gasteiger partial charge in [0.25, 0.3) is 0 Å². The first-order valence-electron chi connectivity index (χ1n) is 11.3. The van der Waals surface area contributed by atoms with Crippen LogP contribution < -0.4 is 4.74 Å². The molecule has 1 aromatic heterocycles. The standard InChI is InChI=1S/C24H26F3N5O3/c1-17(29-35-15-19-2-6-21(7-3-19)24(25,26)27)20-4-8-22(9-5-20)34-16-23-28-30-31-32(23)14-18-10-12-33-13-11-18/h2-9,18H,10-16H2,1H3/b29-17+. The van der Waals surface area contributed by atoms with Gasteiger partial charge >= 0.3 is 6.18 Å². The van der Waals surface area contributed by atoms with Crippen molar-refractivity contribution >= 4 is 5.71 Å². The number of rotatable bonds is 9. The number of benzene rings is 2. The molecule has 0 amide bonds. The largest absolute Gasteiger partial charge is 0.486 e. The van der Waals surface area contributed by atoms with E-state index in [1.54, 1.807) is 11.6 Å². The molecule has 11 heteroatoms. The van der Waals surface area contributed by atoms with E-state index >= 15 is 0 Å². The van der Waals surface area contributed by atoms with Crippen LogP contribution in [0.2, 0.25) is 0 Å². The number of tetrazole rings is 1. The number of alkyl halides is 3. The SMILES string of the molecule is C/C(=N\OCc1ccc(C(F)(F)F)cc1)c1ccc(OCc2nnnn2CC2CCOCC2)cc1. The lowest BCUT2D eigenvalue weighted by molar-refractivity contribution is -0.137. The number of nitrogens with zero attached hydrogens (tertiary/aromatic N) is 5. The van der Waals surface area contributed by atoms with Crippen LogP contribution in [0.3, 0.4) is 0 Å². The van der Waals surface area contributed by atoms with Crippen LogP contribution in [0.15, 0.2) is 53.7 Å². The van der Waals surface area contributed by atoms with Gasteiger partial charge in [-0.1, -0.05) is 17.3 Å². The zero-order chi connectivity index (χ0) is 24.7. The van der Waals surface area contributed by atoms with Crippen LogP contribution in [0.1, 0.15) is 42.3 Å². The highest BCUT2D eigenvalue weighted by Crippen LogP contribution is 2.29. The topological polar surface area (TPSA) is 83.7 Å². The van der Waals surface area contributed by atoms with E-state index in [4.69, 9.17) is 14.3 Å². The summed E-state index contributed by atoms with van der Waals surface area (Å²) < 4.78 is 51.0. The number of halogens is 3. The average molecular weight is 489 g/mol. The smallest absolute Gasteiger partial charge is 0.416 e. The molecule has 35 heavy (non-hydrogen) atoms. The van der Waals surface area contributed by atoms with Gasteiger partial charge in [0.05, 0.1) is 11.3 Å². The fourth-order valence-corrected chi connectivity index (χ4v) is 3.63. The van der Waals surface area contributed by atoms with Gasteiger partial charge in [-0.3, -0.25) is 0 Å². The Morgan fingerprint density at radius 2 is 1.77 bits per heavy atom. The molecule has 4 rings (SSSR count). The summed E-state index contributed by atoms with van der Waals surface area (Å²) in [6.45, 7) is 4.39. The van der Waals surface area contributed by atoms with Gasteiger partial charge in [0.1, 0.15) is 19.0 Å². The fourth-order valence-electron chi connectivity index (χ4n) is 3.63. The van der Waals surface area contributed by atoms with Crippen LogP contribution >= 0.6 is 0 Å². The molecular weight excluding hydrogens is 463 g/mol. The second kappa shape index (κ2) is 11.3. The first-order valence-corrected chi connectivity index (χ1v) is 11.3. The highest BCUT2D eigenvalue weighted by atomic mass is 19.4. The van der Waals surface area contributed by atoms with Crippen molar-refractivity contribution in [2.45, 2.75) is 45.7 Å². The number of hydrogen-bond donors (Lipinski definition) is 0. The van der Waals surface area contributed by atoms with Gasteiger partial charge in [0.2, 0.25) is 0 Å². The van der Waals surface area contributed by atoms with E-state index in [1.807, 2.05) is 24.3 Å². The molecule has 0 unspecified atom stereocenters. The van der Waals surface area contributed by atoms with Gasteiger partial charge in [0.15, 0.2) is 5.82 Å². The molecule has 0 atom stereocenters. The lowest BCUT2D eigenvalue weighted by Crippen LogP contribution is -2.22. The monoisotopic (exact) mass is 489 g/mol. The molecule has 1 saturated heterocycles. The van der Waals surface area contributed by atoms with Gasteiger partial charge in [-0.25, -0.2) is 4.68 Å². The summed E-state index contributed by atoms with van der Waals surface area (Å²) in [5.74, 6) is 1.82. The minimum Gasteiger partial charge on any atom is -0.486 e. The van der Waals surface area contributed by atoms with E-state index in [1.165, 1.54) is 12.1 Å². The first-order chi connectivity index (χ1) is 16.9.